The van der Waals surface area contributed by atoms with E-state index in [9.17, 15) is 14.0 Å². The van der Waals surface area contributed by atoms with Crippen LogP contribution in [0.15, 0.2) is 48.5 Å². The molecule has 0 unspecified atom stereocenters. The van der Waals surface area contributed by atoms with Gasteiger partial charge in [-0.3, -0.25) is 4.79 Å². The lowest BCUT2D eigenvalue weighted by Crippen LogP contribution is -2.15. The number of rotatable bonds is 4. The Bertz CT molecular complexity index is 653. The molecule has 0 fully saturated rings. The second kappa shape index (κ2) is 6.65. The minimum absolute atomic E-state index is 0.0502. The molecule has 2 aromatic rings. The van der Waals surface area contributed by atoms with E-state index in [1.54, 1.807) is 42.5 Å². The topological polar surface area (TPSA) is 55.4 Å². The zero-order valence-electron chi connectivity index (χ0n) is 11.4. The summed E-state index contributed by atoms with van der Waals surface area (Å²) in [6, 6.07) is 12.4. The molecule has 1 amide bonds. The molecule has 0 aliphatic carbocycles. The summed E-state index contributed by atoms with van der Waals surface area (Å²) in [5, 5.41) is 2.64. The fourth-order valence-electron chi connectivity index (χ4n) is 1.83. The Morgan fingerprint density at radius 2 is 1.76 bits per heavy atom. The highest BCUT2D eigenvalue weighted by Crippen LogP contribution is 2.12. The van der Waals surface area contributed by atoms with Crippen LogP contribution in [0.2, 0.25) is 0 Å². The Kier molecular flexibility index (Phi) is 4.66. The monoisotopic (exact) mass is 287 g/mol. The van der Waals surface area contributed by atoms with E-state index >= 15 is 0 Å². The summed E-state index contributed by atoms with van der Waals surface area (Å²) in [6.45, 7) is 0. The lowest BCUT2D eigenvalue weighted by Gasteiger charge is -2.07. The second-order valence-electron chi connectivity index (χ2n) is 4.39. The maximum absolute atomic E-state index is 13.4. The van der Waals surface area contributed by atoms with Crippen LogP contribution >= 0.6 is 0 Å². The first kappa shape index (κ1) is 14.7. The number of hydrogen-bond donors (Lipinski definition) is 1. The van der Waals surface area contributed by atoms with Crippen molar-refractivity contribution >= 4 is 17.6 Å². The van der Waals surface area contributed by atoms with Gasteiger partial charge in [-0.15, -0.1) is 0 Å². The molecule has 0 aliphatic rings. The van der Waals surface area contributed by atoms with Gasteiger partial charge in [-0.25, -0.2) is 9.18 Å². The molecule has 0 heterocycles. The van der Waals surface area contributed by atoms with Crippen molar-refractivity contribution < 1.29 is 18.7 Å². The molecule has 0 aromatic heterocycles. The molecular weight excluding hydrogens is 273 g/mol. The summed E-state index contributed by atoms with van der Waals surface area (Å²) < 4.78 is 18.0. The molecular formula is C16H14FNO3. The van der Waals surface area contributed by atoms with Crippen molar-refractivity contribution in [3.05, 3.63) is 65.5 Å². The van der Waals surface area contributed by atoms with Gasteiger partial charge < -0.3 is 10.1 Å². The highest BCUT2D eigenvalue weighted by Gasteiger charge is 2.09. The van der Waals surface area contributed by atoms with Crippen LogP contribution in [-0.4, -0.2) is 19.0 Å². The van der Waals surface area contributed by atoms with E-state index < -0.39 is 11.8 Å². The average molecular weight is 287 g/mol. The van der Waals surface area contributed by atoms with Crippen LogP contribution < -0.4 is 5.32 Å². The summed E-state index contributed by atoms with van der Waals surface area (Å²) in [7, 11) is 1.30. The zero-order valence-corrected chi connectivity index (χ0v) is 11.4. The van der Waals surface area contributed by atoms with Crippen LogP contribution in [-0.2, 0) is 16.0 Å². The maximum Gasteiger partial charge on any atom is 0.337 e. The van der Waals surface area contributed by atoms with Gasteiger partial charge in [0.25, 0.3) is 0 Å². The number of benzene rings is 2. The predicted octanol–water partition coefficient (Wildman–Crippen LogP) is 2.79. The number of amides is 1. The number of halogens is 1. The lowest BCUT2D eigenvalue weighted by atomic mass is 10.1. The van der Waals surface area contributed by atoms with Gasteiger partial charge in [-0.05, 0) is 35.9 Å². The lowest BCUT2D eigenvalue weighted by molar-refractivity contribution is -0.115. The number of methoxy groups -OCH3 is 1. The maximum atomic E-state index is 13.4. The molecule has 0 aliphatic heterocycles. The molecule has 108 valence electrons. The van der Waals surface area contributed by atoms with Crippen LogP contribution in [0.5, 0.6) is 0 Å². The number of carbonyl (C=O) groups is 2. The first-order valence-corrected chi connectivity index (χ1v) is 6.32. The van der Waals surface area contributed by atoms with Gasteiger partial charge in [0.1, 0.15) is 5.82 Å². The first-order chi connectivity index (χ1) is 10.1. The third-order valence-corrected chi connectivity index (χ3v) is 2.90. The number of nitrogens with one attached hydrogen (secondary N) is 1. The van der Waals surface area contributed by atoms with E-state index in [1.165, 1.54) is 13.2 Å². The number of carbonyl (C=O) groups excluding carboxylic acids is 2. The van der Waals surface area contributed by atoms with Gasteiger partial charge in [-0.2, -0.15) is 0 Å². The van der Waals surface area contributed by atoms with Gasteiger partial charge in [0.15, 0.2) is 0 Å². The van der Waals surface area contributed by atoms with Crippen molar-refractivity contribution in [3.63, 3.8) is 0 Å². The fraction of sp³-hybridized carbons (Fsp3) is 0.125. The molecule has 4 nitrogen and oxygen atoms in total. The van der Waals surface area contributed by atoms with Gasteiger partial charge in [0, 0.05) is 5.69 Å². The van der Waals surface area contributed by atoms with Crippen molar-refractivity contribution in [1.82, 2.24) is 0 Å². The SMILES string of the molecule is COC(=O)c1ccc(NC(=O)Cc2ccccc2F)cc1. The van der Waals surface area contributed by atoms with Crippen LogP contribution in [0.4, 0.5) is 10.1 Å². The third-order valence-electron chi connectivity index (χ3n) is 2.90. The standard InChI is InChI=1S/C16H14FNO3/c1-21-16(20)11-6-8-13(9-7-11)18-15(19)10-12-4-2-3-5-14(12)17/h2-9H,10H2,1H3,(H,18,19). The van der Waals surface area contributed by atoms with E-state index in [1.807, 2.05) is 0 Å². The normalized spacial score (nSPS) is 10.0. The largest absolute Gasteiger partial charge is 0.465 e. The Morgan fingerprint density at radius 1 is 1.10 bits per heavy atom. The van der Waals surface area contributed by atoms with Crippen LogP contribution in [0.1, 0.15) is 15.9 Å². The first-order valence-electron chi connectivity index (χ1n) is 6.32. The summed E-state index contributed by atoms with van der Waals surface area (Å²) >= 11 is 0. The number of anilines is 1. The highest BCUT2D eigenvalue weighted by molar-refractivity contribution is 5.94. The number of ether oxygens (including phenoxy) is 1. The van der Waals surface area contributed by atoms with E-state index in [0.717, 1.165) is 0 Å². The minimum Gasteiger partial charge on any atom is -0.465 e. The van der Waals surface area contributed by atoms with Crippen molar-refractivity contribution in [2.75, 3.05) is 12.4 Å². The summed E-state index contributed by atoms with van der Waals surface area (Å²) in [4.78, 5) is 23.1. The molecule has 2 aromatic carbocycles. The fourth-order valence-corrected chi connectivity index (χ4v) is 1.83. The number of hydrogen-bond acceptors (Lipinski definition) is 3. The molecule has 1 N–H and O–H groups in total. The molecule has 2 rings (SSSR count). The quantitative estimate of drug-likeness (QED) is 0.880. The molecule has 0 bridgehead atoms. The second-order valence-corrected chi connectivity index (χ2v) is 4.39. The smallest absolute Gasteiger partial charge is 0.337 e. The molecule has 0 saturated heterocycles. The van der Waals surface area contributed by atoms with Crippen molar-refractivity contribution in [1.29, 1.82) is 0 Å². The van der Waals surface area contributed by atoms with Gasteiger partial charge >= 0.3 is 5.97 Å². The van der Waals surface area contributed by atoms with E-state index in [4.69, 9.17) is 0 Å². The van der Waals surface area contributed by atoms with E-state index in [-0.39, 0.29) is 12.3 Å². The molecule has 21 heavy (non-hydrogen) atoms. The molecule has 5 heteroatoms. The van der Waals surface area contributed by atoms with Crippen molar-refractivity contribution in [2.24, 2.45) is 0 Å². The molecule has 0 radical (unpaired) electrons. The Hall–Kier alpha value is -2.69. The average Bonchev–Trinajstić information content (AvgIpc) is 2.49. The van der Waals surface area contributed by atoms with Crippen LogP contribution in [0.25, 0.3) is 0 Å². The predicted molar refractivity (Wildman–Crippen MR) is 76.5 cm³/mol. The van der Waals surface area contributed by atoms with E-state index in [2.05, 4.69) is 10.1 Å². The van der Waals surface area contributed by atoms with Crippen LogP contribution in [0.3, 0.4) is 0 Å². The number of esters is 1. The zero-order chi connectivity index (χ0) is 15.2. The van der Waals surface area contributed by atoms with E-state index in [0.29, 0.717) is 16.8 Å². The molecule has 0 atom stereocenters. The van der Waals surface area contributed by atoms with Crippen molar-refractivity contribution in [3.8, 4) is 0 Å². The Balaban J connectivity index is 2.00. The molecule has 0 saturated carbocycles. The molecule has 0 spiro atoms. The third kappa shape index (κ3) is 3.89. The van der Waals surface area contributed by atoms with Gasteiger partial charge in [0.05, 0.1) is 19.1 Å². The van der Waals surface area contributed by atoms with Crippen molar-refractivity contribution in [2.45, 2.75) is 6.42 Å². The Morgan fingerprint density at radius 3 is 2.38 bits per heavy atom. The van der Waals surface area contributed by atoms with Gasteiger partial charge in [-0.1, -0.05) is 18.2 Å². The highest BCUT2D eigenvalue weighted by atomic mass is 19.1. The Labute approximate surface area is 121 Å². The summed E-state index contributed by atoms with van der Waals surface area (Å²) in [5.41, 5.74) is 1.26. The summed E-state index contributed by atoms with van der Waals surface area (Å²) in [6.07, 6.45) is -0.0502. The summed E-state index contributed by atoms with van der Waals surface area (Å²) in [5.74, 6) is -1.18. The minimum atomic E-state index is -0.445. The van der Waals surface area contributed by atoms with Crippen LogP contribution in [0, 0.1) is 5.82 Å². The van der Waals surface area contributed by atoms with Gasteiger partial charge in [0.2, 0.25) is 5.91 Å².